The molecule has 1 rings (SSSR count). The minimum absolute atomic E-state index is 0.0229. The van der Waals surface area contributed by atoms with Crippen LogP contribution in [0.4, 0.5) is 0 Å². The van der Waals surface area contributed by atoms with Gasteiger partial charge in [-0.05, 0) is 40.3 Å². The van der Waals surface area contributed by atoms with E-state index in [0.717, 1.165) is 32.6 Å². The van der Waals surface area contributed by atoms with Gasteiger partial charge in [0.05, 0.1) is 17.0 Å². The van der Waals surface area contributed by atoms with Crippen LogP contribution in [0.3, 0.4) is 0 Å². The summed E-state index contributed by atoms with van der Waals surface area (Å²) in [5.74, 6) is -0.0174. The second-order valence-corrected chi connectivity index (χ2v) is 8.96. The standard InChI is InChI=1S/C13H26N2O3S/c1-13(2,3)19(17,18)10-5-12(16)11-15-8-4-6-14-7-9-15/h14H,4-11H2,1-3H3. The van der Waals surface area contributed by atoms with Crippen LogP contribution in [0.2, 0.25) is 0 Å². The van der Waals surface area contributed by atoms with Crippen LogP contribution in [0, 0.1) is 0 Å². The van der Waals surface area contributed by atoms with Gasteiger partial charge in [-0.2, -0.15) is 0 Å². The summed E-state index contributed by atoms with van der Waals surface area (Å²) in [7, 11) is -3.19. The third-order valence-electron chi connectivity index (χ3n) is 3.42. The normalized spacial score (nSPS) is 19.1. The predicted octanol–water partition coefficient (Wildman–Crippen LogP) is 0.454. The van der Waals surface area contributed by atoms with Gasteiger partial charge in [0.2, 0.25) is 0 Å². The first-order valence-electron chi connectivity index (χ1n) is 6.89. The van der Waals surface area contributed by atoms with Crippen molar-refractivity contribution < 1.29 is 13.2 Å². The maximum atomic E-state index is 11.9. The second kappa shape index (κ2) is 6.81. The minimum atomic E-state index is -3.19. The van der Waals surface area contributed by atoms with Crippen molar-refractivity contribution in [3.63, 3.8) is 0 Å². The Morgan fingerprint density at radius 1 is 1.21 bits per heavy atom. The fraction of sp³-hybridized carbons (Fsp3) is 0.923. The summed E-state index contributed by atoms with van der Waals surface area (Å²) in [6.07, 6.45) is 1.16. The van der Waals surface area contributed by atoms with Gasteiger partial charge in [-0.25, -0.2) is 8.42 Å². The number of hydrogen-bond acceptors (Lipinski definition) is 5. The summed E-state index contributed by atoms with van der Waals surface area (Å²) in [5.41, 5.74) is 0. The molecule has 1 fully saturated rings. The fourth-order valence-corrected chi connectivity index (χ4v) is 3.05. The number of hydrogen-bond donors (Lipinski definition) is 1. The zero-order valence-electron chi connectivity index (χ0n) is 12.2. The Balaban J connectivity index is 2.39. The van der Waals surface area contributed by atoms with Crippen LogP contribution in [0.1, 0.15) is 33.6 Å². The van der Waals surface area contributed by atoms with E-state index in [-0.39, 0.29) is 18.0 Å². The summed E-state index contributed by atoms with van der Waals surface area (Å²) in [6, 6.07) is 0. The molecule has 0 bridgehead atoms. The lowest BCUT2D eigenvalue weighted by molar-refractivity contribution is -0.119. The van der Waals surface area contributed by atoms with Crippen molar-refractivity contribution in [2.75, 3.05) is 38.5 Å². The third-order valence-corrected chi connectivity index (χ3v) is 6.02. The Kier molecular flexibility index (Phi) is 5.95. The number of carbonyl (C=O) groups is 1. The van der Waals surface area contributed by atoms with Crippen LogP contribution in [0.25, 0.3) is 0 Å². The molecule has 19 heavy (non-hydrogen) atoms. The van der Waals surface area contributed by atoms with E-state index in [2.05, 4.69) is 10.2 Å². The molecule has 1 aliphatic rings. The number of Topliss-reactive ketones (excluding diaryl/α,β-unsaturated/α-hetero) is 1. The van der Waals surface area contributed by atoms with Gasteiger partial charge in [0, 0.05) is 19.5 Å². The van der Waals surface area contributed by atoms with Crippen molar-refractivity contribution in [3.05, 3.63) is 0 Å². The zero-order valence-corrected chi connectivity index (χ0v) is 13.1. The molecule has 0 atom stereocenters. The van der Waals surface area contributed by atoms with E-state index in [0.29, 0.717) is 6.54 Å². The van der Waals surface area contributed by atoms with Gasteiger partial charge in [-0.3, -0.25) is 9.69 Å². The van der Waals surface area contributed by atoms with Gasteiger partial charge in [-0.1, -0.05) is 0 Å². The molecule has 6 heteroatoms. The first-order chi connectivity index (χ1) is 8.72. The van der Waals surface area contributed by atoms with Crippen LogP contribution in [0.5, 0.6) is 0 Å². The molecular weight excluding hydrogens is 264 g/mol. The fourth-order valence-electron chi connectivity index (χ4n) is 1.94. The topological polar surface area (TPSA) is 66.5 Å². The summed E-state index contributed by atoms with van der Waals surface area (Å²) in [5, 5.41) is 3.28. The van der Waals surface area contributed by atoms with Gasteiger partial charge in [0.1, 0.15) is 5.78 Å². The van der Waals surface area contributed by atoms with E-state index in [1.165, 1.54) is 0 Å². The molecule has 1 saturated heterocycles. The average molecular weight is 290 g/mol. The van der Waals surface area contributed by atoms with Crippen LogP contribution in [0.15, 0.2) is 0 Å². The number of sulfone groups is 1. The molecule has 1 heterocycles. The highest BCUT2D eigenvalue weighted by atomic mass is 32.2. The molecule has 0 aromatic heterocycles. The van der Waals surface area contributed by atoms with E-state index in [4.69, 9.17) is 0 Å². The molecule has 1 N–H and O–H groups in total. The molecule has 0 radical (unpaired) electrons. The van der Waals surface area contributed by atoms with Crippen molar-refractivity contribution in [2.24, 2.45) is 0 Å². The van der Waals surface area contributed by atoms with Crippen LogP contribution in [-0.4, -0.2) is 62.3 Å². The largest absolute Gasteiger partial charge is 0.315 e. The quantitative estimate of drug-likeness (QED) is 0.796. The van der Waals surface area contributed by atoms with Crippen molar-refractivity contribution in [1.29, 1.82) is 0 Å². The molecular formula is C13H26N2O3S. The lowest BCUT2D eigenvalue weighted by Crippen LogP contribution is -2.35. The third kappa shape index (κ3) is 5.58. The van der Waals surface area contributed by atoms with Gasteiger partial charge < -0.3 is 5.32 Å². The first kappa shape index (κ1) is 16.6. The van der Waals surface area contributed by atoms with Gasteiger partial charge >= 0.3 is 0 Å². The molecule has 0 aromatic rings. The SMILES string of the molecule is CC(C)(C)S(=O)(=O)CCC(=O)CN1CCCNCC1. The predicted molar refractivity (Wildman–Crippen MR) is 77.1 cm³/mol. The Bertz CT molecular complexity index is 391. The van der Waals surface area contributed by atoms with Gasteiger partial charge in [0.15, 0.2) is 9.84 Å². The van der Waals surface area contributed by atoms with Gasteiger partial charge in [0.25, 0.3) is 0 Å². The highest BCUT2D eigenvalue weighted by Crippen LogP contribution is 2.16. The Morgan fingerprint density at radius 3 is 2.53 bits per heavy atom. The molecule has 0 spiro atoms. The van der Waals surface area contributed by atoms with Crippen molar-refractivity contribution in [2.45, 2.75) is 38.4 Å². The molecule has 0 saturated carbocycles. The number of carbonyl (C=O) groups excluding carboxylic acids is 1. The average Bonchev–Trinajstić information content (AvgIpc) is 2.53. The summed E-state index contributed by atoms with van der Waals surface area (Å²) < 4.78 is 23.1. The maximum Gasteiger partial charge on any atom is 0.155 e. The monoisotopic (exact) mass is 290 g/mol. The molecule has 0 aliphatic carbocycles. The van der Waals surface area contributed by atoms with Gasteiger partial charge in [-0.15, -0.1) is 0 Å². The molecule has 112 valence electrons. The zero-order chi connectivity index (χ0) is 14.5. The summed E-state index contributed by atoms with van der Waals surface area (Å²) in [6.45, 7) is 9.05. The van der Waals surface area contributed by atoms with Crippen LogP contribution in [-0.2, 0) is 14.6 Å². The van der Waals surface area contributed by atoms with E-state index >= 15 is 0 Å². The van der Waals surface area contributed by atoms with Crippen molar-refractivity contribution in [1.82, 2.24) is 10.2 Å². The molecule has 1 aliphatic heterocycles. The van der Waals surface area contributed by atoms with E-state index < -0.39 is 14.6 Å². The van der Waals surface area contributed by atoms with Crippen molar-refractivity contribution in [3.8, 4) is 0 Å². The number of nitrogens with one attached hydrogen (secondary N) is 1. The number of nitrogens with zero attached hydrogens (tertiary/aromatic N) is 1. The smallest absolute Gasteiger partial charge is 0.155 e. The van der Waals surface area contributed by atoms with Crippen molar-refractivity contribution >= 4 is 15.6 Å². The Hall–Kier alpha value is -0.460. The number of rotatable bonds is 5. The molecule has 0 amide bonds. The maximum absolute atomic E-state index is 11.9. The van der Waals surface area contributed by atoms with E-state index in [9.17, 15) is 13.2 Å². The van der Waals surface area contributed by atoms with E-state index in [1.54, 1.807) is 20.8 Å². The second-order valence-electron chi connectivity index (χ2n) is 6.10. The highest BCUT2D eigenvalue weighted by Gasteiger charge is 2.29. The summed E-state index contributed by atoms with van der Waals surface area (Å²) in [4.78, 5) is 14.0. The highest BCUT2D eigenvalue weighted by molar-refractivity contribution is 7.92. The lowest BCUT2D eigenvalue weighted by Gasteiger charge is -2.20. The molecule has 5 nitrogen and oxygen atoms in total. The summed E-state index contributed by atoms with van der Waals surface area (Å²) >= 11 is 0. The molecule has 0 aromatic carbocycles. The first-order valence-corrected chi connectivity index (χ1v) is 8.55. The Morgan fingerprint density at radius 2 is 1.89 bits per heavy atom. The van der Waals surface area contributed by atoms with Crippen LogP contribution < -0.4 is 5.32 Å². The number of ketones is 1. The lowest BCUT2D eigenvalue weighted by atomic mass is 10.2. The van der Waals surface area contributed by atoms with Crippen LogP contribution >= 0.6 is 0 Å². The molecule has 0 unspecified atom stereocenters. The minimum Gasteiger partial charge on any atom is -0.315 e. The Labute approximate surface area is 116 Å². The van der Waals surface area contributed by atoms with E-state index in [1.807, 2.05) is 0 Å².